The first kappa shape index (κ1) is 31.8. The average molecular weight is 589 g/mol. The molecule has 8 nitrogen and oxygen atoms in total. The van der Waals surface area contributed by atoms with Crippen LogP contribution in [0.15, 0.2) is 72.8 Å². The summed E-state index contributed by atoms with van der Waals surface area (Å²) in [5, 5.41) is 14.8. The lowest BCUT2D eigenvalue weighted by Crippen LogP contribution is -2.48. The number of benzene rings is 3. The molecule has 1 heterocycles. The van der Waals surface area contributed by atoms with Crippen molar-refractivity contribution in [3.8, 4) is 0 Å². The van der Waals surface area contributed by atoms with E-state index < -0.39 is 17.9 Å². The smallest absolute Gasteiger partial charge is 0.319 e. The molecule has 0 bridgehead atoms. The highest BCUT2D eigenvalue weighted by Gasteiger charge is 2.24. The molecular formula is C34H41FN4O4. The van der Waals surface area contributed by atoms with Crippen molar-refractivity contribution in [1.82, 2.24) is 15.1 Å². The molecule has 0 saturated carbocycles. The highest BCUT2D eigenvalue weighted by Crippen LogP contribution is 2.23. The third-order valence-electron chi connectivity index (χ3n) is 7.35. The molecule has 3 aromatic rings. The van der Waals surface area contributed by atoms with E-state index in [4.69, 9.17) is 0 Å². The summed E-state index contributed by atoms with van der Waals surface area (Å²) in [4.78, 5) is 42.2. The average Bonchev–Trinajstić information content (AvgIpc) is 2.97. The van der Waals surface area contributed by atoms with E-state index in [2.05, 4.69) is 36.3 Å². The Morgan fingerprint density at radius 3 is 2.23 bits per heavy atom. The van der Waals surface area contributed by atoms with E-state index in [1.165, 1.54) is 12.1 Å². The Hall–Kier alpha value is -4.08. The molecule has 3 amide bonds. The lowest BCUT2D eigenvalue weighted by molar-refractivity contribution is 0.0627. The molecule has 3 N–H and O–H groups in total. The Morgan fingerprint density at radius 2 is 1.58 bits per heavy atom. The minimum Gasteiger partial charge on any atom is -0.394 e. The Balaban J connectivity index is 1.27. The lowest BCUT2D eigenvalue weighted by atomic mass is 9.87. The fourth-order valence-electron chi connectivity index (χ4n) is 5.13. The number of piperazine rings is 1. The molecule has 4 rings (SSSR count). The zero-order chi connectivity index (χ0) is 31.0. The number of carbonyl (C=O) groups is 3. The number of amides is 3. The molecule has 0 aromatic heterocycles. The zero-order valence-electron chi connectivity index (χ0n) is 25.1. The molecule has 228 valence electrons. The highest BCUT2D eigenvalue weighted by molar-refractivity contribution is 5.97. The first-order valence-electron chi connectivity index (χ1n) is 14.7. The van der Waals surface area contributed by atoms with Crippen LogP contribution in [0.2, 0.25) is 0 Å². The molecule has 0 unspecified atom stereocenters. The third-order valence-corrected chi connectivity index (χ3v) is 7.35. The number of nitrogens with zero attached hydrogens (tertiary/aromatic N) is 2. The number of urea groups is 1. The van der Waals surface area contributed by atoms with Gasteiger partial charge in [-0.2, -0.15) is 0 Å². The van der Waals surface area contributed by atoms with Gasteiger partial charge in [0.05, 0.1) is 18.3 Å². The van der Waals surface area contributed by atoms with Gasteiger partial charge in [0.15, 0.2) is 5.78 Å². The molecule has 1 fully saturated rings. The molecule has 3 aromatic carbocycles. The number of ketones is 1. The lowest BCUT2D eigenvalue weighted by Gasteiger charge is -2.35. The number of anilines is 1. The van der Waals surface area contributed by atoms with Crippen LogP contribution in [0.1, 0.15) is 59.0 Å². The summed E-state index contributed by atoms with van der Waals surface area (Å²) in [5.41, 5.74) is 2.81. The maximum atomic E-state index is 14.9. The minimum atomic E-state index is -0.718. The second-order valence-electron chi connectivity index (χ2n) is 12.3. The van der Waals surface area contributed by atoms with Gasteiger partial charge >= 0.3 is 6.03 Å². The van der Waals surface area contributed by atoms with Gasteiger partial charge in [-0.3, -0.25) is 14.5 Å². The van der Waals surface area contributed by atoms with Gasteiger partial charge in [-0.15, -0.1) is 0 Å². The number of hydrogen-bond donors (Lipinski definition) is 3. The first-order valence-corrected chi connectivity index (χ1v) is 14.7. The number of aliphatic hydroxyl groups is 1. The largest absolute Gasteiger partial charge is 0.394 e. The Bertz CT molecular complexity index is 1420. The molecule has 0 radical (unpaired) electrons. The number of halogens is 1. The van der Waals surface area contributed by atoms with Gasteiger partial charge < -0.3 is 20.6 Å². The van der Waals surface area contributed by atoms with Crippen LogP contribution in [0.5, 0.6) is 0 Å². The number of carbonyl (C=O) groups excluding carboxylic acids is 3. The third kappa shape index (κ3) is 9.46. The van der Waals surface area contributed by atoms with Crippen LogP contribution in [0.4, 0.5) is 14.9 Å². The summed E-state index contributed by atoms with van der Waals surface area (Å²) in [6.45, 7) is 8.87. The fourth-order valence-corrected chi connectivity index (χ4v) is 5.13. The molecule has 0 aliphatic carbocycles. The number of hydrogen-bond acceptors (Lipinski definition) is 5. The van der Waals surface area contributed by atoms with Crippen LogP contribution in [-0.2, 0) is 13.0 Å². The van der Waals surface area contributed by atoms with Crippen LogP contribution in [0, 0.1) is 11.2 Å². The van der Waals surface area contributed by atoms with Crippen molar-refractivity contribution in [1.29, 1.82) is 0 Å². The zero-order valence-corrected chi connectivity index (χ0v) is 25.1. The molecular weight excluding hydrogens is 547 g/mol. The summed E-state index contributed by atoms with van der Waals surface area (Å²) in [7, 11) is 0. The van der Waals surface area contributed by atoms with E-state index in [0.29, 0.717) is 45.6 Å². The molecule has 1 aliphatic rings. The standard InChI is InChI=1S/C34H41FN4O4/c1-34(2,3)21-31(41)26-11-7-10-25(18-26)22-38-14-16-39(17-15-38)32(42)27-12-13-30(29(35)20-27)37-33(43)36-28(23-40)19-24-8-5-4-6-9-24/h4-13,18,20,28,40H,14-17,19,21-23H2,1-3H3,(H2,36,37,43)/t28-/m1/s1. The van der Waals surface area contributed by atoms with Crippen LogP contribution in [0.25, 0.3) is 0 Å². The van der Waals surface area contributed by atoms with Gasteiger partial charge in [0.2, 0.25) is 0 Å². The normalized spacial score (nSPS) is 14.7. The van der Waals surface area contributed by atoms with Crippen molar-refractivity contribution in [3.63, 3.8) is 0 Å². The number of nitrogens with one attached hydrogen (secondary N) is 2. The van der Waals surface area contributed by atoms with Gasteiger partial charge in [-0.25, -0.2) is 9.18 Å². The first-order chi connectivity index (χ1) is 20.5. The molecule has 43 heavy (non-hydrogen) atoms. The van der Waals surface area contributed by atoms with Gasteiger partial charge in [-0.05, 0) is 47.2 Å². The van der Waals surface area contributed by atoms with Gasteiger partial charge in [0.25, 0.3) is 5.91 Å². The SMILES string of the molecule is CC(C)(C)CC(=O)c1cccc(CN2CCN(C(=O)c3ccc(NC(=O)N[C@@H](CO)Cc4ccccc4)c(F)c3)CC2)c1. The minimum absolute atomic E-state index is 0.0570. The van der Waals surface area contributed by atoms with Gasteiger partial charge in [-0.1, -0.05) is 69.3 Å². The Labute approximate surface area is 252 Å². The van der Waals surface area contributed by atoms with E-state index in [1.54, 1.807) is 4.90 Å². The monoisotopic (exact) mass is 588 g/mol. The van der Waals surface area contributed by atoms with Crippen molar-refractivity contribution in [2.45, 2.75) is 46.2 Å². The summed E-state index contributed by atoms with van der Waals surface area (Å²) < 4.78 is 14.9. The van der Waals surface area contributed by atoms with E-state index in [9.17, 15) is 23.9 Å². The fraction of sp³-hybridized carbons (Fsp3) is 0.382. The molecule has 1 aliphatic heterocycles. The van der Waals surface area contributed by atoms with Crippen molar-refractivity contribution >= 4 is 23.4 Å². The van der Waals surface area contributed by atoms with Crippen LogP contribution in [0.3, 0.4) is 0 Å². The van der Waals surface area contributed by atoms with E-state index in [-0.39, 0.29) is 35.0 Å². The van der Waals surface area contributed by atoms with Crippen LogP contribution in [-0.4, -0.2) is 71.5 Å². The molecule has 1 atom stereocenters. The quantitative estimate of drug-likeness (QED) is 0.285. The topological polar surface area (TPSA) is 102 Å². The van der Waals surface area contributed by atoms with Crippen LogP contribution < -0.4 is 10.6 Å². The number of aliphatic hydroxyl groups excluding tert-OH is 1. The molecule has 0 spiro atoms. The van der Waals surface area contributed by atoms with E-state index in [1.807, 2.05) is 54.6 Å². The molecule has 1 saturated heterocycles. The summed E-state index contributed by atoms with van der Waals surface area (Å²) in [6, 6.07) is 20.0. The second kappa shape index (κ2) is 14.4. The Kier molecular flexibility index (Phi) is 10.7. The van der Waals surface area contributed by atoms with Crippen molar-refractivity contribution in [2.24, 2.45) is 5.41 Å². The van der Waals surface area contributed by atoms with E-state index in [0.717, 1.165) is 22.8 Å². The summed E-state index contributed by atoms with van der Waals surface area (Å²) in [5.74, 6) is -0.854. The Morgan fingerprint density at radius 1 is 0.884 bits per heavy atom. The van der Waals surface area contributed by atoms with E-state index >= 15 is 0 Å². The second-order valence-corrected chi connectivity index (χ2v) is 12.3. The number of rotatable bonds is 10. The summed E-state index contributed by atoms with van der Waals surface area (Å²) in [6.07, 6.45) is 0.915. The summed E-state index contributed by atoms with van der Waals surface area (Å²) >= 11 is 0. The van der Waals surface area contributed by atoms with Crippen molar-refractivity contribution in [3.05, 3.63) is 101 Å². The predicted octanol–water partition coefficient (Wildman–Crippen LogP) is 5.13. The van der Waals surface area contributed by atoms with Crippen molar-refractivity contribution in [2.75, 3.05) is 38.1 Å². The van der Waals surface area contributed by atoms with Crippen molar-refractivity contribution < 1.29 is 23.9 Å². The van der Waals surface area contributed by atoms with Gasteiger partial charge in [0, 0.05) is 50.3 Å². The predicted molar refractivity (Wildman–Crippen MR) is 166 cm³/mol. The van der Waals surface area contributed by atoms with Gasteiger partial charge in [0.1, 0.15) is 5.82 Å². The highest BCUT2D eigenvalue weighted by atomic mass is 19.1. The van der Waals surface area contributed by atoms with Crippen LogP contribution >= 0.6 is 0 Å². The maximum absolute atomic E-state index is 14.9. The maximum Gasteiger partial charge on any atom is 0.319 e. The number of Topliss-reactive ketones (excluding diaryl/α,β-unsaturated/α-hetero) is 1. The molecule has 9 heteroatoms.